The van der Waals surface area contributed by atoms with Gasteiger partial charge in [0, 0.05) is 16.8 Å². The van der Waals surface area contributed by atoms with Gasteiger partial charge in [0.05, 0.1) is 23.4 Å². The molecule has 0 spiro atoms. The van der Waals surface area contributed by atoms with Crippen molar-refractivity contribution in [2.75, 3.05) is 12.4 Å². The number of fused-ring (bicyclic) bond motifs is 1. The van der Waals surface area contributed by atoms with Crippen molar-refractivity contribution < 1.29 is 9.84 Å². The summed E-state index contributed by atoms with van der Waals surface area (Å²) >= 11 is 1.38. The van der Waals surface area contributed by atoms with Gasteiger partial charge in [0.2, 0.25) is 5.88 Å². The Morgan fingerprint density at radius 2 is 1.96 bits per heavy atom. The van der Waals surface area contributed by atoms with Gasteiger partial charge in [-0.2, -0.15) is 4.98 Å². The van der Waals surface area contributed by atoms with Gasteiger partial charge in [0.15, 0.2) is 5.13 Å². The first-order valence-electron chi connectivity index (χ1n) is 8.53. The van der Waals surface area contributed by atoms with Crippen molar-refractivity contribution in [2.24, 2.45) is 4.99 Å². The number of aliphatic imine (C=N–C) groups is 1. The molecule has 5 nitrogen and oxygen atoms in total. The molecule has 0 atom stereocenters. The molecule has 0 fully saturated rings. The fourth-order valence-electron chi connectivity index (χ4n) is 3.05. The van der Waals surface area contributed by atoms with E-state index in [9.17, 15) is 5.11 Å². The van der Waals surface area contributed by atoms with E-state index in [2.05, 4.69) is 15.3 Å². The highest BCUT2D eigenvalue weighted by Gasteiger charge is 2.19. The van der Waals surface area contributed by atoms with Crippen molar-refractivity contribution in [3.63, 3.8) is 0 Å². The number of methoxy groups -OCH3 is 1. The zero-order valence-electron chi connectivity index (χ0n) is 15.3. The lowest BCUT2D eigenvalue weighted by molar-refractivity contribution is 0.416. The van der Waals surface area contributed by atoms with Crippen LogP contribution in [-0.2, 0) is 0 Å². The van der Waals surface area contributed by atoms with E-state index < -0.39 is 0 Å². The van der Waals surface area contributed by atoms with E-state index in [1.165, 1.54) is 11.3 Å². The molecule has 0 aliphatic carbocycles. The SMILES string of the molecule is COc1ccc(C)cc1Nc1nc(O)c(C=C2C(C)=Nc3ccccc32)s1. The van der Waals surface area contributed by atoms with Crippen molar-refractivity contribution in [1.82, 2.24) is 4.98 Å². The van der Waals surface area contributed by atoms with Gasteiger partial charge in [-0.05, 0) is 43.7 Å². The van der Waals surface area contributed by atoms with Crippen LogP contribution in [0, 0.1) is 6.92 Å². The number of hydrogen-bond donors (Lipinski definition) is 2. The lowest BCUT2D eigenvalue weighted by Crippen LogP contribution is -1.94. The molecule has 2 N–H and O–H groups in total. The van der Waals surface area contributed by atoms with E-state index in [0.717, 1.165) is 39.5 Å². The Kier molecular flexibility index (Phi) is 4.41. The third-order valence-electron chi connectivity index (χ3n) is 4.38. The molecule has 2 aromatic carbocycles. The van der Waals surface area contributed by atoms with Crippen molar-refractivity contribution in [3.05, 3.63) is 58.5 Å². The van der Waals surface area contributed by atoms with Crippen molar-refractivity contribution in [1.29, 1.82) is 0 Å². The molecule has 0 saturated carbocycles. The van der Waals surface area contributed by atoms with Gasteiger partial charge < -0.3 is 15.2 Å². The Balaban J connectivity index is 1.67. The number of aryl methyl sites for hydroxylation is 1. The van der Waals surface area contributed by atoms with E-state index in [4.69, 9.17) is 4.74 Å². The Morgan fingerprint density at radius 3 is 2.78 bits per heavy atom. The number of para-hydroxylation sites is 1. The first kappa shape index (κ1) is 17.3. The smallest absolute Gasteiger partial charge is 0.231 e. The van der Waals surface area contributed by atoms with Crippen molar-refractivity contribution in [3.8, 4) is 11.6 Å². The Bertz CT molecular complexity index is 1080. The van der Waals surface area contributed by atoms with E-state index in [1.807, 2.05) is 62.4 Å². The number of aromatic hydroxyl groups is 1. The molecule has 27 heavy (non-hydrogen) atoms. The van der Waals surface area contributed by atoms with Crippen molar-refractivity contribution in [2.45, 2.75) is 13.8 Å². The van der Waals surface area contributed by atoms with Crippen LogP contribution in [0.2, 0.25) is 0 Å². The molecule has 1 aliphatic rings. The van der Waals surface area contributed by atoms with E-state index in [0.29, 0.717) is 10.0 Å². The number of benzene rings is 2. The largest absolute Gasteiger partial charge is 0.495 e. The summed E-state index contributed by atoms with van der Waals surface area (Å²) in [6.07, 6.45) is 1.94. The molecular formula is C21H19N3O2S. The summed E-state index contributed by atoms with van der Waals surface area (Å²) in [5, 5.41) is 14.2. The second kappa shape index (κ2) is 6.89. The number of thiazole rings is 1. The summed E-state index contributed by atoms with van der Waals surface area (Å²) in [5.41, 5.74) is 5.87. The summed E-state index contributed by atoms with van der Waals surface area (Å²) in [7, 11) is 1.63. The molecule has 2 heterocycles. The molecule has 136 valence electrons. The fourth-order valence-corrected chi connectivity index (χ4v) is 3.87. The van der Waals surface area contributed by atoms with Crippen LogP contribution in [0.25, 0.3) is 11.6 Å². The normalized spacial score (nSPS) is 14.2. The summed E-state index contributed by atoms with van der Waals surface area (Å²) < 4.78 is 5.39. The molecule has 6 heteroatoms. The van der Waals surface area contributed by atoms with Gasteiger partial charge in [-0.1, -0.05) is 35.6 Å². The van der Waals surface area contributed by atoms with Gasteiger partial charge in [0.25, 0.3) is 0 Å². The van der Waals surface area contributed by atoms with E-state index in [1.54, 1.807) is 7.11 Å². The average Bonchev–Trinajstić information content (AvgIpc) is 3.15. The number of allylic oxidation sites excluding steroid dienone is 1. The minimum absolute atomic E-state index is 0.00111. The van der Waals surface area contributed by atoms with Crippen LogP contribution in [0.1, 0.15) is 22.9 Å². The zero-order chi connectivity index (χ0) is 19.0. The predicted molar refractivity (Wildman–Crippen MR) is 112 cm³/mol. The number of nitrogens with zero attached hydrogens (tertiary/aromatic N) is 2. The van der Waals surface area contributed by atoms with Crippen LogP contribution in [-0.4, -0.2) is 22.9 Å². The van der Waals surface area contributed by atoms with Crippen molar-refractivity contribution >= 4 is 45.2 Å². The highest BCUT2D eigenvalue weighted by atomic mass is 32.1. The summed E-state index contributed by atoms with van der Waals surface area (Å²) in [5.74, 6) is 0.724. The van der Waals surface area contributed by atoms with Gasteiger partial charge in [-0.15, -0.1) is 0 Å². The number of nitrogens with one attached hydrogen (secondary N) is 1. The van der Waals surface area contributed by atoms with Crippen LogP contribution in [0.4, 0.5) is 16.5 Å². The van der Waals surface area contributed by atoms with Crippen LogP contribution in [0.5, 0.6) is 11.6 Å². The number of ether oxygens (including phenoxy) is 1. The predicted octanol–water partition coefficient (Wildman–Crippen LogP) is 5.56. The van der Waals surface area contributed by atoms with Crippen LogP contribution < -0.4 is 10.1 Å². The maximum Gasteiger partial charge on any atom is 0.231 e. The number of anilines is 2. The average molecular weight is 377 g/mol. The maximum atomic E-state index is 10.3. The summed E-state index contributed by atoms with van der Waals surface area (Å²) in [4.78, 5) is 9.53. The standard InChI is InChI=1S/C21H19N3O2S/c1-12-8-9-18(26-3)17(10-12)23-21-24-20(25)19(27-21)11-15-13(2)22-16-7-5-4-6-14(15)16/h4-11,25H,1-3H3,(H,23,24). The maximum absolute atomic E-state index is 10.3. The van der Waals surface area contributed by atoms with Gasteiger partial charge in [-0.3, -0.25) is 4.99 Å². The van der Waals surface area contributed by atoms with Crippen LogP contribution in [0.3, 0.4) is 0 Å². The second-order valence-electron chi connectivity index (χ2n) is 6.31. The molecule has 0 unspecified atom stereocenters. The third-order valence-corrected chi connectivity index (χ3v) is 5.29. The topological polar surface area (TPSA) is 66.7 Å². The highest BCUT2D eigenvalue weighted by molar-refractivity contribution is 7.16. The van der Waals surface area contributed by atoms with Crippen LogP contribution in [0.15, 0.2) is 47.5 Å². The minimum atomic E-state index is -0.00111. The zero-order valence-corrected chi connectivity index (χ0v) is 16.1. The monoisotopic (exact) mass is 377 g/mol. The molecule has 0 amide bonds. The van der Waals surface area contributed by atoms with Gasteiger partial charge >= 0.3 is 0 Å². The Labute approximate surface area is 161 Å². The summed E-state index contributed by atoms with van der Waals surface area (Å²) in [6.45, 7) is 3.99. The second-order valence-corrected chi connectivity index (χ2v) is 7.34. The molecule has 0 radical (unpaired) electrons. The lowest BCUT2D eigenvalue weighted by atomic mass is 10.0. The van der Waals surface area contributed by atoms with Crippen LogP contribution >= 0.6 is 11.3 Å². The first-order valence-corrected chi connectivity index (χ1v) is 9.35. The van der Waals surface area contributed by atoms with Gasteiger partial charge in [-0.25, -0.2) is 0 Å². The number of rotatable bonds is 4. The first-order chi connectivity index (χ1) is 13.0. The molecular weight excluding hydrogens is 358 g/mol. The van der Waals surface area contributed by atoms with E-state index >= 15 is 0 Å². The molecule has 1 aromatic heterocycles. The van der Waals surface area contributed by atoms with Gasteiger partial charge in [0.1, 0.15) is 5.75 Å². The highest BCUT2D eigenvalue weighted by Crippen LogP contribution is 2.39. The molecule has 4 rings (SSSR count). The molecule has 0 saturated heterocycles. The third kappa shape index (κ3) is 3.31. The molecule has 3 aromatic rings. The minimum Gasteiger partial charge on any atom is -0.495 e. The molecule has 0 bridgehead atoms. The Morgan fingerprint density at radius 1 is 1.15 bits per heavy atom. The van der Waals surface area contributed by atoms with E-state index in [-0.39, 0.29) is 5.88 Å². The molecule has 1 aliphatic heterocycles. The number of hydrogen-bond acceptors (Lipinski definition) is 6. The lowest BCUT2D eigenvalue weighted by Gasteiger charge is -2.09. The Hall–Kier alpha value is -3.12. The quantitative estimate of drug-likeness (QED) is 0.625. The summed E-state index contributed by atoms with van der Waals surface area (Å²) in [6, 6.07) is 13.9. The number of aromatic nitrogens is 1. The fraction of sp³-hybridized carbons (Fsp3) is 0.143.